The Morgan fingerprint density at radius 2 is 1.73 bits per heavy atom. The summed E-state index contributed by atoms with van der Waals surface area (Å²) in [5.41, 5.74) is 4.05. The van der Waals surface area contributed by atoms with Crippen LogP contribution in [0, 0.1) is 0 Å². The van der Waals surface area contributed by atoms with Gasteiger partial charge in [-0.25, -0.2) is 9.50 Å². The van der Waals surface area contributed by atoms with Crippen molar-refractivity contribution in [1.82, 2.24) is 24.9 Å². The van der Waals surface area contributed by atoms with E-state index < -0.39 is 0 Å². The number of nitrogens with zero attached hydrogens (tertiary/aromatic N) is 4. The predicted octanol–water partition coefficient (Wildman–Crippen LogP) is 2.80. The van der Waals surface area contributed by atoms with Crippen LogP contribution in [0.5, 0.6) is 0 Å². The van der Waals surface area contributed by atoms with Crippen LogP contribution in [-0.4, -0.2) is 25.5 Å². The second kappa shape index (κ2) is 7.02. The molecule has 0 unspecified atom stereocenters. The number of aromatic nitrogens is 4. The first kappa shape index (κ1) is 15.8. The van der Waals surface area contributed by atoms with Crippen molar-refractivity contribution >= 4 is 22.9 Å². The van der Waals surface area contributed by atoms with Crippen molar-refractivity contribution in [3.63, 3.8) is 0 Å². The lowest BCUT2D eigenvalue weighted by Gasteiger charge is -2.09. The van der Waals surface area contributed by atoms with Crippen LogP contribution in [0.4, 0.5) is 11.4 Å². The predicted molar refractivity (Wildman–Crippen MR) is 98.1 cm³/mol. The van der Waals surface area contributed by atoms with Gasteiger partial charge >= 0.3 is 0 Å². The van der Waals surface area contributed by atoms with E-state index in [1.807, 2.05) is 36.4 Å². The standard InChI is InChI=1S/C19H16N6O/c26-19(17-2-1-3-18-22-13-23-25(17)18)21-12-14-4-6-15(7-5-14)24-16-8-10-20-11-9-16/h1-11,13H,12H2,(H,20,24)(H,21,26). The van der Waals surface area contributed by atoms with Gasteiger partial charge in [0.1, 0.15) is 12.0 Å². The summed E-state index contributed by atoms with van der Waals surface area (Å²) in [6.07, 6.45) is 4.91. The SMILES string of the molecule is O=C(NCc1ccc(Nc2ccncc2)cc1)c1cccc2ncnn12. The Morgan fingerprint density at radius 1 is 0.962 bits per heavy atom. The summed E-state index contributed by atoms with van der Waals surface area (Å²) >= 11 is 0. The second-order valence-corrected chi connectivity index (χ2v) is 5.68. The minimum Gasteiger partial charge on any atom is -0.355 e. The van der Waals surface area contributed by atoms with Gasteiger partial charge in [-0.1, -0.05) is 18.2 Å². The molecule has 7 nitrogen and oxygen atoms in total. The summed E-state index contributed by atoms with van der Waals surface area (Å²) in [7, 11) is 0. The highest BCUT2D eigenvalue weighted by Crippen LogP contribution is 2.16. The first-order valence-corrected chi connectivity index (χ1v) is 8.12. The summed E-state index contributed by atoms with van der Waals surface area (Å²) < 4.78 is 1.52. The Balaban J connectivity index is 1.40. The quantitative estimate of drug-likeness (QED) is 0.581. The van der Waals surface area contributed by atoms with E-state index in [9.17, 15) is 4.79 Å². The topological polar surface area (TPSA) is 84.2 Å². The highest BCUT2D eigenvalue weighted by atomic mass is 16.1. The minimum atomic E-state index is -0.194. The van der Waals surface area contributed by atoms with Crippen molar-refractivity contribution < 1.29 is 4.79 Å². The molecule has 0 radical (unpaired) electrons. The van der Waals surface area contributed by atoms with E-state index in [0.29, 0.717) is 17.9 Å². The summed E-state index contributed by atoms with van der Waals surface area (Å²) in [5.74, 6) is -0.194. The van der Waals surface area contributed by atoms with Crippen LogP contribution >= 0.6 is 0 Å². The van der Waals surface area contributed by atoms with Crippen LogP contribution in [0.15, 0.2) is 73.3 Å². The molecule has 0 spiro atoms. The highest BCUT2D eigenvalue weighted by Gasteiger charge is 2.10. The molecule has 0 aliphatic rings. The molecule has 3 heterocycles. The molecule has 26 heavy (non-hydrogen) atoms. The molecule has 7 heteroatoms. The summed E-state index contributed by atoms with van der Waals surface area (Å²) in [4.78, 5) is 20.5. The maximum absolute atomic E-state index is 12.4. The Bertz CT molecular complexity index is 1030. The molecule has 1 amide bonds. The zero-order valence-corrected chi connectivity index (χ0v) is 13.8. The summed E-state index contributed by atoms with van der Waals surface area (Å²) in [5, 5.41) is 10.3. The van der Waals surface area contributed by atoms with Gasteiger partial charge in [0, 0.05) is 30.3 Å². The van der Waals surface area contributed by atoms with Gasteiger partial charge in [0.2, 0.25) is 0 Å². The number of hydrogen-bond donors (Lipinski definition) is 2. The molecule has 0 fully saturated rings. The summed E-state index contributed by atoms with van der Waals surface area (Å²) in [6, 6.07) is 17.0. The molecule has 0 saturated carbocycles. The molecule has 1 aromatic carbocycles. The highest BCUT2D eigenvalue weighted by molar-refractivity contribution is 5.93. The molecule has 0 saturated heterocycles. The maximum Gasteiger partial charge on any atom is 0.270 e. The number of anilines is 2. The molecule has 0 aliphatic carbocycles. The van der Waals surface area contributed by atoms with Crippen molar-refractivity contribution in [2.24, 2.45) is 0 Å². The molecule has 2 N–H and O–H groups in total. The fraction of sp³-hybridized carbons (Fsp3) is 0.0526. The maximum atomic E-state index is 12.4. The average molecular weight is 344 g/mol. The van der Waals surface area contributed by atoms with E-state index in [1.165, 1.54) is 10.8 Å². The van der Waals surface area contributed by atoms with Crippen molar-refractivity contribution in [1.29, 1.82) is 0 Å². The molecule has 128 valence electrons. The van der Waals surface area contributed by atoms with E-state index in [-0.39, 0.29) is 5.91 Å². The van der Waals surface area contributed by atoms with Gasteiger partial charge in [0.05, 0.1) is 0 Å². The Morgan fingerprint density at radius 3 is 2.54 bits per heavy atom. The van der Waals surface area contributed by atoms with Gasteiger partial charge < -0.3 is 10.6 Å². The van der Waals surface area contributed by atoms with Gasteiger partial charge in [0.15, 0.2) is 5.65 Å². The Hall–Kier alpha value is -3.74. The number of carbonyl (C=O) groups is 1. The first-order valence-electron chi connectivity index (χ1n) is 8.12. The van der Waals surface area contributed by atoms with E-state index in [2.05, 4.69) is 25.7 Å². The number of nitrogens with one attached hydrogen (secondary N) is 2. The van der Waals surface area contributed by atoms with Crippen molar-refractivity contribution in [3.8, 4) is 0 Å². The van der Waals surface area contributed by atoms with Gasteiger partial charge in [-0.05, 0) is 42.0 Å². The number of benzene rings is 1. The van der Waals surface area contributed by atoms with Crippen LogP contribution in [-0.2, 0) is 6.54 Å². The molecule has 0 aliphatic heterocycles. The zero-order chi connectivity index (χ0) is 17.8. The molecule has 4 aromatic rings. The van der Waals surface area contributed by atoms with Gasteiger partial charge in [-0.3, -0.25) is 9.78 Å². The number of hydrogen-bond acceptors (Lipinski definition) is 5. The monoisotopic (exact) mass is 344 g/mol. The van der Waals surface area contributed by atoms with E-state index in [4.69, 9.17) is 0 Å². The average Bonchev–Trinajstić information content (AvgIpc) is 3.17. The minimum absolute atomic E-state index is 0.194. The molecular weight excluding hydrogens is 328 g/mol. The third kappa shape index (κ3) is 3.36. The number of rotatable bonds is 5. The molecule has 3 aromatic heterocycles. The summed E-state index contributed by atoms with van der Waals surface area (Å²) in [6.45, 7) is 0.430. The van der Waals surface area contributed by atoms with Crippen molar-refractivity contribution in [2.75, 3.05) is 5.32 Å². The molecule has 0 atom stereocenters. The van der Waals surface area contributed by atoms with Crippen LogP contribution < -0.4 is 10.6 Å². The lowest BCUT2D eigenvalue weighted by atomic mass is 10.2. The van der Waals surface area contributed by atoms with E-state index in [0.717, 1.165) is 16.9 Å². The third-order valence-corrected chi connectivity index (χ3v) is 3.91. The fourth-order valence-electron chi connectivity index (χ4n) is 2.60. The Kier molecular flexibility index (Phi) is 4.26. The Labute approximate surface area is 149 Å². The number of amides is 1. The first-order chi connectivity index (χ1) is 12.8. The molecule has 0 bridgehead atoms. The molecular formula is C19H16N6O. The van der Waals surface area contributed by atoms with Crippen molar-refractivity contribution in [3.05, 3.63) is 84.6 Å². The van der Waals surface area contributed by atoms with Crippen LogP contribution in [0.2, 0.25) is 0 Å². The van der Waals surface area contributed by atoms with Crippen LogP contribution in [0.25, 0.3) is 5.65 Å². The van der Waals surface area contributed by atoms with Crippen LogP contribution in [0.1, 0.15) is 16.1 Å². The van der Waals surface area contributed by atoms with E-state index in [1.54, 1.807) is 30.6 Å². The smallest absolute Gasteiger partial charge is 0.270 e. The number of fused-ring (bicyclic) bond motifs is 1. The van der Waals surface area contributed by atoms with Crippen LogP contribution in [0.3, 0.4) is 0 Å². The zero-order valence-electron chi connectivity index (χ0n) is 13.8. The lowest BCUT2D eigenvalue weighted by Crippen LogP contribution is -2.25. The van der Waals surface area contributed by atoms with E-state index >= 15 is 0 Å². The lowest BCUT2D eigenvalue weighted by molar-refractivity contribution is 0.0943. The fourth-order valence-corrected chi connectivity index (χ4v) is 2.60. The number of pyridine rings is 2. The number of carbonyl (C=O) groups excluding carboxylic acids is 1. The van der Waals surface area contributed by atoms with Gasteiger partial charge in [-0.2, -0.15) is 5.10 Å². The normalized spacial score (nSPS) is 10.6. The third-order valence-electron chi connectivity index (χ3n) is 3.91. The van der Waals surface area contributed by atoms with Gasteiger partial charge in [-0.15, -0.1) is 0 Å². The molecule has 4 rings (SSSR count). The van der Waals surface area contributed by atoms with Gasteiger partial charge in [0.25, 0.3) is 5.91 Å². The van der Waals surface area contributed by atoms with Crippen molar-refractivity contribution in [2.45, 2.75) is 6.54 Å². The largest absolute Gasteiger partial charge is 0.355 e. The second-order valence-electron chi connectivity index (χ2n) is 5.68.